The average molecular weight is 257 g/mol. The smallest absolute Gasteiger partial charge is 0.242 e. The molecule has 3 atom stereocenters. The summed E-state index contributed by atoms with van der Waals surface area (Å²) >= 11 is 0. The fourth-order valence-corrected chi connectivity index (χ4v) is 1.98. The molecule has 3 unspecified atom stereocenters. The Bertz CT molecular complexity index is 296. The lowest BCUT2D eigenvalue weighted by atomic mass is 10.0. The topological polar surface area (TPSA) is 79.5 Å². The molecule has 0 aromatic carbocycles. The van der Waals surface area contributed by atoms with E-state index in [1.807, 2.05) is 6.92 Å². The number of carbonyl (C=O) groups excluding carboxylic acids is 2. The highest BCUT2D eigenvalue weighted by Crippen LogP contribution is 2.14. The van der Waals surface area contributed by atoms with Gasteiger partial charge in [-0.1, -0.05) is 6.92 Å². The number of methoxy groups -OCH3 is 1. The van der Waals surface area contributed by atoms with Gasteiger partial charge in [0.15, 0.2) is 0 Å². The van der Waals surface area contributed by atoms with E-state index in [0.717, 1.165) is 13.0 Å². The minimum Gasteiger partial charge on any atom is -0.383 e. The molecule has 0 aromatic heterocycles. The number of hydrogen-bond donors (Lipinski definition) is 3. The standard InChI is InChI=1S/C12H23N3O3/c1-8-4-5-13-10(8)12(17)15-9(2)11(16)14-6-7-18-3/h8-10,13H,4-7H2,1-3H3,(H,14,16)(H,15,17). The summed E-state index contributed by atoms with van der Waals surface area (Å²) in [5, 5.41) is 8.56. The van der Waals surface area contributed by atoms with Gasteiger partial charge in [0.2, 0.25) is 11.8 Å². The van der Waals surface area contributed by atoms with Gasteiger partial charge in [-0.05, 0) is 25.8 Å². The van der Waals surface area contributed by atoms with Crippen molar-refractivity contribution in [2.45, 2.75) is 32.4 Å². The highest BCUT2D eigenvalue weighted by Gasteiger charge is 2.30. The fourth-order valence-electron chi connectivity index (χ4n) is 1.98. The number of nitrogens with one attached hydrogen (secondary N) is 3. The summed E-state index contributed by atoms with van der Waals surface area (Å²) in [6, 6.07) is -0.705. The molecule has 6 heteroatoms. The Morgan fingerprint density at radius 2 is 2.22 bits per heavy atom. The molecule has 1 aliphatic heterocycles. The second-order valence-electron chi connectivity index (χ2n) is 4.71. The van der Waals surface area contributed by atoms with E-state index in [0.29, 0.717) is 19.1 Å². The van der Waals surface area contributed by atoms with Crippen molar-refractivity contribution in [3.63, 3.8) is 0 Å². The van der Waals surface area contributed by atoms with Gasteiger partial charge in [-0.15, -0.1) is 0 Å². The third-order valence-corrected chi connectivity index (χ3v) is 3.17. The first kappa shape index (κ1) is 14.9. The van der Waals surface area contributed by atoms with E-state index in [1.54, 1.807) is 14.0 Å². The first-order chi connectivity index (χ1) is 8.56. The summed E-state index contributed by atoms with van der Waals surface area (Å²) in [7, 11) is 1.57. The molecule has 0 bridgehead atoms. The molecule has 1 heterocycles. The molecule has 3 N–H and O–H groups in total. The number of amides is 2. The molecule has 6 nitrogen and oxygen atoms in total. The lowest BCUT2D eigenvalue weighted by Gasteiger charge is -2.19. The largest absolute Gasteiger partial charge is 0.383 e. The Morgan fingerprint density at radius 1 is 1.50 bits per heavy atom. The Hall–Kier alpha value is -1.14. The van der Waals surface area contributed by atoms with Gasteiger partial charge in [-0.25, -0.2) is 0 Å². The molecule has 1 saturated heterocycles. The highest BCUT2D eigenvalue weighted by atomic mass is 16.5. The van der Waals surface area contributed by atoms with Gasteiger partial charge in [0, 0.05) is 13.7 Å². The number of ether oxygens (including phenoxy) is 1. The Morgan fingerprint density at radius 3 is 2.78 bits per heavy atom. The molecule has 0 aliphatic carbocycles. The first-order valence-electron chi connectivity index (χ1n) is 6.36. The third-order valence-electron chi connectivity index (χ3n) is 3.17. The normalized spacial score (nSPS) is 24.6. The summed E-state index contributed by atoms with van der Waals surface area (Å²) < 4.78 is 4.84. The Labute approximate surface area is 108 Å². The molecule has 1 aliphatic rings. The predicted molar refractivity (Wildman–Crippen MR) is 68.1 cm³/mol. The number of rotatable bonds is 6. The SMILES string of the molecule is COCCNC(=O)C(C)NC(=O)C1NCCC1C. The van der Waals surface area contributed by atoms with Crippen LogP contribution >= 0.6 is 0 Å². The summed E-state index contributed by atoms with van der Waals surface area (Å²) in [5.74, 6) is 0.0224. The molecule has 0 aromatic rings. The van der Waals surface area contributed by atoms with E-state index in [2.05, 4.69) is 16.0 Å². The zero-order valence-electron chi connectivity index (χ0n) is 11.3. The van der Waals surface area contributed by atoms with E-state index in [-0.39, 0.29) is 17.9 Å². The van der Waals surface area contributed by atoms with Gasteiger partial charge in [0.05, 0.1) is 12.6 Å². The maximum absolute atomic E-state index is 11.9. The first-order valence-corrected chi connectivity index (χ1v) is 6.36. The van der Waals surface area contributed by atoms with E-state index in [9.17, 15) is 9.59 Å². The van der Waals surface area contributed by atoms with Crippen LogP contribution in [0.25, 0.3) is 0 Å². The lowest BCUT2D eigenvalue weighted by molar-refractivity contribution is -0.130. The Kier molecular flexibility index (Phi) is 6.07. The maximum atomic E-state index is 11.9. The molecular formula is C12H23N3O3. The second-order valence-corrected chi connectivity index (χ2v) is 4.71. The molecule has 1 fully saturated rings. The zero-order chi connectivity index (χ0) is 13.5. The van der Waals surface area contributed by atoms with Crippen LogP contribution in [0.1, 0.15) is 20.3 Å². The van der Waals surface area contributed by atoms with Gasteiger partial charge in [-0.3, -0.25) is 9.59 Å². The second kappa shape index (κ2) is 7.33. The van der Waals surface area contributed by atoms with Crippen molar-refractivity contribution in [3.05, 3.63) is 0 Å². The van der Waals surface area contributed by atoms with Gasteiger partial charge in [0.25, 0.3) is 0 Å². The van der Waals surface area contributed by atoms with Crippen LogP contribution in [0, 0.1) is 5.92 Å². The van der Waals surface area contributed by atoms with Crippen molar-refractivity contribution in [3.8, 4) is 0 Å². The van der Waals surface area contributed by atoms with E-state index in [4.69, 9.17) is 4.74 Å². The van der Waals surface area contributed by atoms with Crippen molar-refractivity contribution in [2.24, 2.45) is 5.92 Å². The minimum absolute atomic E-state index is 0.102. The summed E-state index contributed by atoms with van der Waals surface area (Å²) in [4.78, 5) is 23.6. The number of carbonyl (C=O) groups is 2. The van der Waals surface area contributed by atoms with Crippen molar-refractivity contribution in [1.82, 2.24) is 16.0 Å². The quantitative estimate of drug-likeness (QED) is 0.547. The lowest BCUT2D eigenvalue weighted by Crippen LogP contribution is -2.51. The third kappa shape index (κ3) is 4.27. The van der Waals surface area contributed by atoms with Crippen molar-refractivity contribution >= 4 is 11.8 Å². The predicted octanol–water partition coefficient (Wildman–Crippen LogP) is -0.748. The van der Waals surface area contributed by atoms with Crippen LogP contribution in [0.2, 0.25) is 0 Å². The monoisotopic (exact) mass is 257 g/mol. The summed E-state index contributed by atoms with van der Waals surface area (Å²) in [6.07, 6.45) is 0.993. The van der Waals surface area contributed by atoms with Crippen LogP contribution in [0.15, 0.2) is 0 Å². The summed E-state index contributed by atoms with van der Waals surface area (Å²) in [5.41, 5.74) is 0. The van der Waals surface area contributed by atoms with Gasteiger partial charge >= 0.3 is 0 Å². The van der Waals surface area contributed by atoms with Crippen molar-refractivity contribution in [2.75, 3.05) is 26.8 Å². The van der Waals surface area contributed by atoms with Crippen LogP contribution < -0.4 is 16.0 Å². The maximum Gasteiger partial charge on any atom is 0.242 e. The van der Waals surface area contributed by atoms with Crippen LogP contribution in [0.5, 0.6) is 0 Å². The highest BCUT2D eigenvalue weighted by molar-refractivity contribution is 5.89. The molecule has 0 saturated carbocycles. The van der Waals surface area contributed by atoms with E-state index in [1.165, 1.54) is 0 Å². The Balaban J connectivity index is 2.32. The molecule has 104 valence electrons. The molecule has 0 radical (unpaired) electrons. The van der Waals surface area contributed by atoms with Crippen LogP contribution in [-0.2, 0) is 14.3 Å². The van der Waals surface area contributed by atoms with Crippen molar-refractivity contribution in [1.29, 1.82) is 0 Å². The summed E-state index contributed by atoms with van der Waals surface area (Å²) in [6.45, 7) is 5.49. The van der Waals surface area contributed by atoms with Gasteiger partial charge in [0.1, 0.15) is 6.04 Å². The minimum atomic E-state index is -0.524. The van der Waals surface area contributed by atoms with Crippen molar-refractivity contribution < 1.29 is 14.3 Å². The van der Waals surface area contributed by atoms with Gasteiger partial charge < -0.3 is 20.7 Å². The van der Waals surface area contributed by atoms with Crippen LogP contribution in [0.3, 0.4) is 0 Å². The zero-order valence-corrected chi connectivity index (χ0v) is 11.3. The molecule has 18 heavy (non-hydrogen) atoms. The van der Waals surface area contributed by atoms with E-state index < -0.39 is 6.04 Å². The molecule has 0 spiro atoms. The number of hydrogen-bond acceptors (Lipinski definition) is 4. The fraction of sp³-hybridized carbons (Fsp3) is 0.833. The molecular weight excluding hydrogens is 234 g/mol. The van der Waals surface area contributed by atoms with Gasteiger partial charge in [-0.2, -0.15) is 0 Å². The molecule has 1 rings (SSSR count). The van der Waals surface area contributed by atoms with Crippen LogP contribution in [-0.4, -0.2) is 50.7 Å². The van der Waals surface area contributed by atoms with E-state index >= 15 is 0 Å². The van der Waals surface area contributed by atoms with Crippen LogP contribution in [0.4, 0.5) is 0 Å². The molecule has 2 amide bonds. The average Bonchev–Trinajstić information content (AvgIpc) is 2.75.